The molecule has 0 unspecified atom stereocenters. The summed E-state index contributed by atoms with van der Waals surface area (Å²) in [6, 6.07) is 7.90. The Hall–Kier alpha value is -1.96. The number of aliphatic hydroxyl groups is 1. The van der Waals surface area contributed by atoms with Gasteiger partial charge in [0.1, 0.15) is 6.10 Å². The lowest BCUT2D eigenvalue weighted by atomic mass is 9.96. The van der Waals surface area contributed by atoms with Crippen molar-refractivity contribution in [3.8, 4) is 0 Å². The molecule has 0 radical (unpaired) electrons. The van der Waals surface area contributed by atoms with E-state index < -0.39 is 6.10 Å². The van der Waals surface area contributed by atoms with Gasteiger partial charge in [-0.25, -0.2) is 0 Å². The number of aryl methyl sites for hydroxylation is 1. The van der Waals surface area contributed by atoms with Crippen molar-refractivity contribution in [2.75, 3.05) is 26.9 Å². The monoisotopic (exact) mass is 333 g/mol. The van der Waals surface area contributed by atoms with E-state index in [0.29, 0.717) is 32.7 Å². The molecule has 2 heterocycles. The third-order valence-corrected chi connectivity index (χ3v) is 4.44. The van der Waals surface area contributed by atoms with Crippen molar-refractivity contribution >= 4 is 16.8 Å². The number of hydrogen-bond acceptors (Lipinski definition) is 5. The molecule has 0 spiro atoms. The van der Waals surface area contributed by atoms with E-state index >= 15 is 0 Å². The topological polar surface area (TPSA) is 85.6 Å². The SMILES string of the molecule is CO[C@@H]1COC[C@@H](CNC(=O)CCn2ncc3ccccc32)[C@@H]1O. The standard InChI is InChI=1S/C17H23N3O4/c1-23-15-11-24-10-13(17(15)22)8-18-16(21)6-7-20-14-5-3-2-4-12(14)9-19-20/h2-5,9,13,15,17,22H,6-8,10-11H2,1H3,(H,18,21)/t13-,15-,17+/m1/s1. The van der Waals surface area contributed by atoms with Crippen LogP contribution in [-0.4, -0.2) is 59.9 Å². The molecule has 130 valence electrons. The summed E-state index contributed by atoms with van der Waals surface area (Å²) in [4.78, 5) is 12.1. The molecule has 2 N–H and O–H groups in total. The van der Waals surface area contributed by atoms with Crippen LogP contribution in [-0.2, 0) is 20.8 Å². The number of fused-ring (bicyclic) bond motifs is 1. The van der Waals surface area contributed by atoms with Crippen molar-refractivity contribution in [2.24, 2.45) is 5.92 Å². The second-order valence-corrected chi connectivity index (χ2v) is 6.04. The molecule has 1 aromatic carbocycles. The third kappa shape index (κ3) is 3.75. The van der Waals surface area contributed by atoms with Gasteiger partial charge in [0, 0.05) is 31.4 Å². The number of hydrogen-bond donors (Lipinski definition) is 2. The van der Waals surface area contributed by atoms with Crippen LogP contribution in [0.3, 0.4) is 0 Å². The molecule has 2 aromatic rings. The Morgan fingerprint density at radius 1 is 1.46 bits per heavy atom. The number of methoxy groups -OCH3 is 1. The molecule has 1 amide bonds. The molecule has 1 aliphatic heterocycles. The number of amides is 1. The van der Waals surface area contributed by atoms with Crippen molar-refractivity contribution in [3.05, 3.63) is 30.5 Å². The van der Waals surface area contributed by atoms with Crippen LogP contribution >= 0.6 is 0 Å². The third-order valence-electron chi connectivity index (χ3n) is 4.44. The van der Waals surface area contributed by atoms with E-state index in [2.05, 4.69) is 10.4 Å². The Morgan fingerprint density at radius 3 is 3.12 bits per heavy atom. The second kappa shape index (κ2) is 7.74. The normalized spacial score (nSPS) is 24.2. The lowest BCUT2D eigenvalue weighted by Gasteiger charge is -2.33. The Bertz CT molecular complexity index is 687. The van der Waals surface area contributed by atoms with E-state index in [1.165, 1.54) is 0 Å². The zero-order valence-corrected chi connectivity index (χ0v) is 13.7. The Morgan fingerprint density at radius 2 is 2.29 bits per heavy atom. The first-order valence-corrected chi connectivity index (χ1v) is 8.15. The number of benzene rings is 1. The van der Waals surface area contributed by atoms with Crippen LogP contribution in [0.4, 0.5) is 0 Å². The highest BCUT2D eigenvalue weighted by Gasteiger charge is 2.32. The lowest BCUT2D eigenvalue weighted by molar-refractivity contribution is -0.136. The van der Waals surface area contributed by atoms with Gasteiger partial charge >= 0.3 is 0 Å². The second-order valence-electron chi connectivity index (χ2n) is 6.04. The highest BCUT2D eigenvalue weighted by Crippen LogP contribution is 2.17. The summed E-state index contributed by atoms with van der Waals surface area (Å²) < 4.78 is 12.4. The number of aromatic nitrogens is 2. The van der Waals surface area contributed by atoms with Crippen LogP contribution in [0.5, 0.6) is 0 Å². The molecule has 1 fully saturated rings. The maximum absolute atomic E-state index is 12.1. The highest BCUT2D eigenvalue weighted by molar-refractivity contribution is 5.79. The first-order valence-electron chi connectivity index (χ1n) is 8.15. The van der Waals surface area contributed by atoms with Crippen molar-refractivity contribution in [3.63, 3.8) is 0 Å². The number of rotatable bonds is 6. The van der Waals surface area contributed by atoms with Gasteiger partial charge in [-0.3, -0.25) is 9.48 Å². The molecule has 0 aliphatic carbocycles. The summed E-state index contributed by atoms with van der Waals surface area (Å²) in [5, 5.41) is 18.4. The molecule has 0 saturated carbocycles. The van der Waals surface area contributed by atoms with Crippen molar-refractivity contribution in [2.45, 2.75) is 25.2 Å². The van der Waals surface area contributed by atoms with Crippen molar-refractivity contribution < 1.29 is 19.4 Å². The summed E-state index contributed by atoms with van der Waals surface area (Å²) in [5.41, 5.74) is 1.02. The van der Waals surface area contributed by atoms with E-state index in [1.807, 2.05) is 28.9 Å². The minimum absolute atomic E-state index is 0.0682. The smallest absolute Gasteiger partial charge is 0.221 e. The molecule has 1 saturated heterocycles. The highest BCUT2D eigenvalue weighted by atomic mass is 16.5. The summed E-state index contributed by atoms with van der Waals surface area (Å²) in [6.45, 7) is 1.70. The Kier molecular flexibility index (Phi) is 5.44. The van der Waals surface area contributed by atoms with Crippen LogP contribution in [0, 0.1) is 5.92 Å². The predicted molar refractivity (Wildman–Crippen MR) is 88.5 cm³/mol. The van der Waals surface area contributed by atoms with Gasteiger partial charge in [0.2, 0.25) is 5.91 Å². The summed E-state index contributed by atoms with van der Waals surface area (Å²) in [6.07, 6.45) is 1.17. The van der Waals surface area contributed by atoms with Gasteiger partial charge in [0.05, 0.1) is 37.6 Å². The van der Waals surface area contributed by atoms with E-state index in [-0.39, 0.29) is 17.9 Å². The van der Waals surface area contributed by atoms with E-state index in [0.717, 1.165) is 10.9 Å². The fourth-order valence-electron chi connectivity index (χ4n) is 2.97. The molecule has 3 rings (SSSR count). The first-order chi connectivity index (χ1) is 11.7. The van der Waals surface area contributed by atoms with Gasteiger partial charge in [-0.15, -0.1) is 0 Å². The molecular weight excluding hydrogens is 310 g/mol. The minimum atomic E-state index is -0.626. The van der Waals surface area contributed by atoms with Crippen molar-refractivity contribution in [1.82, 2.24) is 15.1 Å². The number of para-hydroxylation sites is 1. The van der Waals surface area contributed by atoms with Crippen LogP contribution < -0.4 is 5.32 Å². The number of ether oxygens (including phenoxy) is 2. The molecular formula is C17H23N3O4. The Labute approximate surface area is 140 Å². The number of nitrogens with zero attached hydrogens (tertiary/aromatic N) is 2. The van der Waals surface area contributed by atoms with Gasteiger partial charge < -0.3 is 19.9 Å². The average Bonchev–Trinajstić information content (AvgIpc) is 3.02. The van der Waals surface area contributed by atoms with E-state index in [9.17, 15) is 9.90 Å². The van der Waals surface area contributed by atoms with Crippen LogP contribution in [0.25, 0.3) is 10.9 Å². The molecule has 1 aliphatic rings. The van der Waals surface area contributed by atoms with Gasteiger partial charge in [-0.1, -0.05) is 18.2 Å². The van der Waals surface area contributed by atoms with Crippen LogP contribution in [0.2, 0.25) is 0 Å². The maximum atomic E-state index is 12.1. The van der Waals surface area contributed by atoms with Gasteiger partial charge in [-0.2, -0.15) is 5.10 Å². The fourth-order valence-corrected chi connectivity index (χ4v) is 2.97. The largest absolute Gasteiger partial charge is 0.390 e. The quantitative estimate of drug-likeness (QED) is 0.807. The average molecular weight is 333 g/mol. The minimum Gasteiger partial charge on any atom is -0.390 e. The van der Waals surface area contributed by atoms with E-state index in [4.69, 9.17) is 9.47 Å². The molecule has 0 bridgehead atoms. The predicted octanol–water partition coefficient (Wildman–Crippen LogP) is 0.565. The van der Waals surface area contributed by atoms with Crippen LogP contribution in [0.1, 0.15) is 6.42 Å². The molecule has 24 heavy (non-hydrogen) atoms. The number of nitrogens with one attached hydrogen (secondary N) is 1. The summed E-state index contributed by atoms with van der Waals surface area (Å²) in [5.74, 6) is -0.223. The van der Waals surface area contributed by atoms with Gasteiger partial charge in [0.15, 0.2) is 0 Å². The maximum Gasteiger partial charge on any atom is 0.221 e. The molecule has 7 heteroatoms. The van der Waals surface area contributed by atoms with Crippen molar-refractivity contribution in [1.29, 1.82) is 0 Å². The summed E-state index contributed by atoms with van der Waals surface area (Å²) in [7, 11) is 1.55. The van der Waals surface area contributed by atoms with Gasteiger partial charge in [0.25, 0.3) is 0 Å². The molecule has 1 aromatic heterocycles. The van der Waals surface area contributed by atoms with Gasteiger partial charge in [-0.05, 0) is 6.07 Å². The number of carbonyl (C=O) groups excluding carboxylic acids is 1. The number of aliphatic hydroxyl groups excluding tert-OH is 1. The zero-order valence-electron chi connectivity index (χ0n) is 13.7. The summed E-state index contributed by atoms with van der Waals surface area (Å²) >= 11 is 0. The molecule has 3 atom stereocenters. The fraction of sp³-hybridized carbons (Fsp3) is 0.529. The molecule has 7 nitrogen and oxygen atoms in total. The van der Waals surface area contributed by atoms with E-state index in [1.54, 1.807) is 13.3 Å². The first kappa shape index (κ1) is 16.9. The number of carbonyl (C=O) groups is 1. The van der Waals surface area contributed by atoms with Crippen LogP contribution in [0.15, 0.2) is 30.5 Å². The lowest BCUT2D eigenvalue weighted by Crippen LogP contribution is -2.49. The zero-order chi connectivity index (χ0) is 16.9. The Balaban J connectivity index is 1.47.